The monoisotopic (exact) mass is 444 g/mol. The van der Waals surface area contributed by atoms with Gasteiger partial charge in [0.15, 0.2) is 0 Å². The van der Waals surface area contributed by atoms with Gasteiger partial charge in [-0.25, -0.2) is 0 Å². The average molecular weight is 446 g/mol. The molecule has 0 aliphatic carbocycles. The minimum absolute atomic E-state index is 0.303. The van der Waals surface area contributed by atoms with E-state index in [9.17, 15) is 13.2 Å². The minimum Gasteiger partial charge on any atom is -0.353 e. The summed E-state index contributed by atoms with van der Waals surface area (Å²) in [5.41, 5.74) is 7.76. The standard InChI is InChI=1S/C19H17BrClF3N2/c20-15-6-3-5-13-12(4-1-2-9-25)17(26-18(13)15)11-7-8-16(21)14(10-11)19(22,23)24/h3,5-8,10,26H,1-2,4,9,25H2. The lowest BCUT2D eigenvalue weighted by Gasteiger charge is -2.12. The number of hydrogen-bond donors (Lipinski definition) is 2. The van der Waals surface area contributed by atoms with Gasteiger partial charge in [-0.05, 0) is 71.1 Å². The summed E-state index contributed by atoms with van der Waals surface area (Å²) in [5.74, 6) is 0. The first-order valence-corrected chi connectivity index (χ1v) is 9.36. The third kappa shape index (κ3) is 3.77. The molecule has 26 heavy (non-hydrogen) atoms. The Morgan fingerprint density at radius 1 is 1.12 bits per heavy atom. The highest BCUT2D eigenvalue weighted by atomic mass is 79.9. The second-order valence-corrected chi connectivity index (χ2v) is 7.34. The number of aromatic amines is 1. The van der Waals surface area contributed by atoms with Gasteiger partial charge in [0.05, 0.1) is 16.1 Å². The number of H-pyrrole nitrogens is 1. The molecule has 0 unspecified atom stereocenters. The first kappa shape index (κ1) is 19.3. The van der Waals surface area contributed by atoms with Crippen LogP contribution in [0.3, 0.4) is 0 Å². The van der Waals surface area contributed by atoms with Gasteiger partial charge in [0.25, 0.3) is 0 Å². The molecule has 0 amide bonds. The molecule has 3 aromatic rings. The summed E-state index contributed by atoms with van der Waals surface area (Å²) in [7, 11) is 0. The maximum absolute atomic E-state index is 13.2. The summed E-state index contributed by atoms with van der Waals surface area (Å²) in [4.78, 5) is 3.29. The van der Waals surface area contributed by atoms with E-state index in [-0.39, 0.29) is 5.02 Å². The quantitative estimate of drug-likeness (QED) is 0.430. The van der Waals surface area contributed by atoms with Crippen LogP contribution in [-0.4, -0.2) is 11.5 Å². The number of para-hydroxylation sites is 1. The van der Waals surface area contributed by atoms with Crippen molar-refractivity contribution in [2.45, 2.75) is 25.4 Å². The fraction of sp³-hybridized carbons (Fsp3) is 0.263. The number of alkyl halides is 3. The van der Waals surface area contributed by atoms with Gasteiger partial charge in [-0.1, -0.05) is 29.8 Å². The molecule has 0 fully saturated rings. The number of aryl methyl sites for hydroxylation is 1. The molecule has 0 atom stereocenters. The summed E-state index contributed by atoms with van der Waals surface area (Å²) in [5, 5.41) is 0.693. The molecule has 0 bridgehead atoms. The van der Waals surface area contributed by atoms with Crippen molar-refractivity contribution in [3.8, 4) is 11.3 Å². The Kier molecular flexibility index (Phi) is 5.65. The van der Waals surface area contributed by atoms with Crippen LogP contribution < -0.4 is 5.73 Å². The summed E-state index contributed by atoms with van der Waals surface area (Å²) in [6.07, 6.45) is -2.05. The molecule has 1 heterocycles. The van der Waals surface area contributed by atoms with Crippen molar-refractivity contribution in [3.63, 3.8) is 0 Å². The van der Waals surface area contributed by atoms with E-state index in [0.29, 0.717) is 17.8 Å². The molecule has 0 aliphatic heterocycles. The first-order valence-electron chi connectivity index (χ1n) is 8.19. The van der Waals surface area contributed by atoms with E-state index < -0.39 is 11.7 Å². The number of hydrogen-bond acceptors (Lipinski definition) is 1. The zero-order valence-electron chi connectivity index (χ0n) is 13.8. The lowest BCUT2D eigenvalue weighted by atomic mass is 9.99. The Morgan fingerprint density at radius 2 is 1.88 bits per heavy atom. The van der Waals surface area contributed by atoms with Crippen molar-refractivity contribution >= 4 is 38.4 Å². The molecule has 0 saturated heterocycles. The van der Waals surface area contributed by atoms with Gasteiger partial charge in [-0.3, -0.25) is 0 Å². The Balaban J connectivity index is 2.18. The van der Waals surface area contributed by atoms with Crippen LogP contribution in [0.5, 0.6) is 0 Å². The average Bonchev–Trinajstić information content (AvgIpc) is 2.95. The molecule has 3 rings (SSSR count). The molecule has 0 radical (unpaired) electrons. The van der Waals surface area contributed by atoms with Crippen LogP contribution in [0.4, 0.5) is 13.2 Å². The molecule has 0 saturated carbocycles. The fourth-order valence-corrected chi connectivity index (χ4v) is 3.78. The highest BCUT2D eigenvalue weighted by Crippen LogP contribution is 2.40. The Labute approximate surface area is 162 Å². The minimum atomic E-state index is -4.50. The molecule has 1 aromatic heterocycles. The van der Waals surface area contributed by atoms with Crippen molar-refractivity contribution in [1.82, 2.24) is 4.98 Å². The molecular formula is C19H17BrClF3N2. The van der Waals surface area contributed by atoms with Crippen molar-refractivity contribution in [2.24, 2.45) is 5.73 Å². The maximum Gasteiger partial charge on any atom is 0.417 e. The SMILES string of the molecule is NCCCCc1c(-c2ccc(Cl)c(C(F)(F)F)c2)[nH]c2c(Br)cccc12. The van der Waals surface area contributed by atoms with Crippen LogP contribution in [-0.2, 0) is 12.6 Å². The lowest BCUT2D eigenvalue weighted by molar-refractivity contribution is -0.137. The number of halogens is 5. The van der Waals surface area contributed by atoms with Gasteiger partial charge < -0.3 is 10.7 Å². The smallest absolute Gasteiger partial charge is 0.353 e. The second-order valence-electron chi connectivity index (χ2n) is 6.08. The van der Waals surface area contributed by atoms with E-state index in [4.69, 9.17) is 17.3 Å². The van der Waals surface area contributed by atoms with E-state index in [1.54, 1.807) is 6.07 Å². The van der Waals surface area contributed by atoms with Crippen LogP contribution in [0.1, 0.15) is 24.0 Å². The topological polar surface area (TPSA) is 41.8 Å². The van der Waals surface area contributed by atoms with Gasteiger partial charge in [-0.15, -0.1) is 0 Å². The predicted octanol–water partition coefficient (Wildman–Crippen LogP) is 6.55. The Morgan fingerprint density at radius 3 is 2.58 bits per heavy atom. The number of nitrogens with two attached hydrogens (primary N) is 1. The van der Waals surface area contributed by atoms with Crippen molar-refractivity contribution < 1.29 is 13.2 Å². The number of unbranched alkanes of at least 4 members (excludes halogenated alkanes) is 1. The third-order valence-electron chi connectivity index (χ3n) is 4.33. The summed E-state index contributed by atoms with van der Waals surface area (Å²) >= 11 is 9.27. The van der Waals surface area contributed by atoms with E-state index in [1.165, 1.54) is 6.07 Å². The van der Waals surface area contributed by atoms with Gasteiger partial charge in [0.1, 0.15) is 0 Å². The highest BCUT2D eigenvalue weighted by molar-refractivity contribution is 9.10. The van der Waals surface area contributed by atoms with Gasteiger partial charge in [-0.2, -0.15) is 13.2 Å². The second kappa shape index (κ2) is 7.62. The molecular weight excluding hydrogens is 429 g/mol. The zero-order chi connectivity index (χ0) is 18.9. The number of nitrogens with one attached hydrogen (secondary N) is 1. The Bertz CT molecular complexity index is 934. The molecule has 138 valence electrons. The van der Waals surface area contributed by atoms with Crippen molar-refractivity contribution in [2.75, 3.05) is 6.54 Å². The van der Waals surface area contributed by atoms with Crippen molar-refractivity contribution in [1.29, 1.82) is 0 Å². The zero-order valence-corrected chi connectivity index (χ0v) is 16.1. The first-order chi connectivity index (χ1) is 12.3. The molecule has 3 N–H and O–H groups in total. The summed E-state index contributed by atoms with van der Waals surface area (Å²) in [6, 6.07) is 9.80. The summed E-state index contributed by atoms with van der Waals surface area (Å²) < 4.78 is 40.6. The van der Waals surface area contributed by atoms with Crippen LogP contribution >= 0.6 is 27.5 Å². The molecule has 7 heteroatoms. The van der Waals surface area contributed by atoms with Crippen LogP contribution in [0.25, 0.3) is 22.2 Å². The highest BCUT2D eigenvalue weighted by Gasteiger charge is 2.33. The maximum atomic E-state index is 13.2. The number of rotatable bonds is 5. The van der Waals surface area contributed by atoms with E-state index >= 15 is 0 Å². The predicted molar refractivity (Wildman–Crippen MR) is 103 cm³/mol. The molecule has 0 spiro atoms. The molecule has 2 nitrogen and oxygen atoms in total. The number of aromatic nitrogens is 1. The summed E-state index contributed by atoms with van der Waals surface area (Å²) in [6.45, 7) is 0.584. The number of benzene rings is 2. The molecule has 2 aromatic carbocycles. The van der Waals surface area contributed by atoms with Gasteiger partial charge in [0.2, 0.25) is 0 Å². The normalized spacial score (nSPS) is 12.1. The Hall–Kier alpha value is -1.50. The van der Waals surface area contributed by atoms with Gasteiger partial charge in [0, 0.05) is 15.6 Å². The van der Waals surface area contributed by atoms with E-state index in [0.717, 1.165) is 46.3 Å². The van der Waals surface area contributed by atoms with Crippen molar-refractivity contribution in [3.05, 3.63) is 57.0 Å². The van der Waals surface area contributed by atoms with Gasteiger partial charge >= 0.3 is 6.18 Å². The molecule has 0 aliphatic rings. The number of fused-ring (bicyclic) bond motifs is 1. The largest absolute Gasteiger partial charge is 0.417 e. The van der Waals surface area contributed by atoms with Crippen LogP contribution in [0.2, 0.25) is 5.02 Å². The van der Waals surface area contributed by atoms with Crippen LogP contribution in [0.15, 0.2) is 40.9 Å². The van der Waals surface area contributed by atoms with E-state index in [1.807, 2.05) is 18.2 Å². The fourth-order valence-electron chi connectivity index (χ4n) is 3.09. The third-order valence-corrected chi connectivity index (χ3v) is 5.32. The van der Waals surface area contributed by atoms with E-state index in [2.05, 4.69) is 20.9 Å². The lowest BCUT2D eigenvalue weighted by Crippen LogP contribution is -2.06. The van der Waals surface area contributed by atoms with Crippen LogP contribution in [0, 0.1) is 0 Å².